The Kier molecular flexibility index (Phi) is 10.4. The zero-order chi connectivity index (χ0) is 29.2. The Labute approximate surface area is 241 Å². The molecule has 1 heterocycles. The molecule has 8 nitrogen and oxygen atoms in total. The van der Waals surface area contributed by atoms with Gasteiger partial charge in [-0.1, -0.05) is 44.2 Å². The van der Waals surface area contributed by atoms with Crippen LogP contribution in [0, 0.1) is 0 Å². The minimum atomic E-state index is -0.386. The minimum Gasteiger partial charge on any atom is -0.490 e. The topological polar surface area (TPSA) is 92.3 Å². The van der Waals surface area contributed by atoms with Crippen LogP contribution in [0.3, 0.4) is 0 Å². The quantitative estimate of drug-likeness (QED) is 0.118. The van der Waals surface area contributed by atoms with Gasteiger partial charge in [-0.25, -0.2) is 0 Å². The number of ether oxygens (including phenoxy) is 5. The molecule has 0 bridgehead atoms. The summed E-state index contributed by atoms with van der Waals surface area (Å²) >= 11 is 0. The van der Waals surface area contributed by atoms with E-state index in [2.05, 4.69) is 19.2 Å². The summed E-state index contributed by atoms with van der Waals surface area (Å²) in [5, 5.41) is 3.28. The summed E-state index contributed by atoms with van der Waals surface area (Å²) in [5.74, 6) is 1.91. The first kappa shape index (κ1) is 29.7. The third kappa shape index (κ3) is 8.11. The summed E-state index contributed by atoms with van der Waals surface area (Å²) in [7, 11) is 0. The zero-order valence-corrected chi connectivity index (χ0v) is 24.0. The van der Waals surface area contributed by atoms with E-state index in [-0.39, 0.29) is 31.4 Å². The summed E-state index contributed by atoms with van der Waals surface area (Å²) < 4.78 is 27.8. The lowest BCUT2D eigenvalue weighted by molar-refractivity contribution is -0.147. The van der Waals surface area contributed by atoms with Crippen LogP contribution < -0.4 is 24.3 Å². The lowest BCUT2D eigenvalue weighted by Crippen LogP contribution is -2.35. The smallest absolute Gasteiger partial charge is 0.308 e. The van der Waals surface area contributed by atoms with E-state index < -0.39 is 0 Å². The van der Waals surface area contributed by atoms with Crippen LogP contribution in [0.25, 0.3) is 11.1 Å². The third-order valence-electron chi connectivity index (χ3n) is 6.49. The second-order valence-corrected chi connectivity index (χ2v) is 9.66. The van der Waals surface area contributed by atoms with Gasteiger partial charge >= 0.3 is 11.9 Å². The molecular weight excluding hydrogens is 522 g/mol. The van der Waals surface area contributed by atoms with E-state index in [1.807, 2.05) is 54.6 Å². The van der Waals surface area contributed by atoms with Gasteiger partial charge in [0, 0.05) is 20.4 Å². The van der Waals surface area contributed by atoms with Crippen LogP contribution in [-0.4, -0.2) is 44.5 Å². The van der Waals surface area contributed by atoms with Gasteiger partial charge < -0.3 is 29.0 Å². The summed E-state index contributed by atoms with van der Waals surface area (Å²) in [6.45, 7) is 8.80. The van der Waals surface area contributed by atoms with E-state index >= 15 is 0 Å². The number of allylic oxidation sites excluding steroid dienone is 1. The fourth-order valence-corrected chi connectivity index (χ4v) is 4.70. The van der Waals surface area contributed by atoms with Crippen LogP contribution in [0.15, 0.2) is 66.7 Å². The molecule has 1 aliphatic rings. The van der Waals surface area contributed by atoms with Crippen molar-refractivity contribution in [2.24, 2.45) is 0 Å². The minimum absolute atomic E-state index is 0.211. The third-order valence-corrected chi connectivity index (χ3v) is 6.49. The summed E-state index contributed by atoms with van der Waals surface area (Å²) in [5.41, 5.74) is 5.15. The van der Waals surface area contributed by atoms with Crippen molar-refractivity contribution in [1.29, 1.82) is 0 Å². The number of hydrogen-bond donors (Lipinski definition) is 1. The molecule has 41 heavy (non-hydrogen) atoms. The van der Waals surface area contributed by atoms with Crippen molar-refractivity contribution >= 4 is 23.1 Å². The second-order valence-electron chi connectivity index (χ2n) is 9.66. The monoisotopic (exact) mass is 559 g/mol. The highest BCUT2D eigenvalue weighted by atomic mass is 16.7. The molecule has 8 heteroatoms. The van der Waals surface area contributed by atoms with Crippen molar-refractivity contribution in [3.8, 4) is 23.0 Å². The number of esters is 2. The number of hydrogen-bond acceptors (Lipinski definition) is 8. The highest BCUT2D eigenvalue weighted by Gasteiger charge is 2.19. The Balaban J connectivity index is 1.65. The molecule has 1 aliphatic heterocycles. The van der Waals surface area contributed by atoms with E-state index in [1.165, 1.54) is 13.8 Å². The molecule has 1 N–H and O–H groups in total. The Bertz CT molecular complexity index is 1360. The van der Waals surface area contributed by atoms with Gasteiger partial charge in [-0.2, -0.15) is 0 Å². The summed E-state index contributed by atoms with van der Waals surface area (Å²) in [4.78, 5) is 23.0. The molecule has 3 aromatic rings. The molecule has 0 saturated heterocycles. The van der Waals surface area contributed by atoms with E-state index in [4.69, 9.17) is 23.7 Å². The Hall–Kier alpha value is -4.30. The van der Waals surface area contributed by atoms with Crippen LogP contribution in [0.1, 0.15) is 57.2 Å². The standard InChI is InChI=1S/C33H37NO7/c1-5-17-34-19-29(41-23(4)36)20-37-27-12-7-24(8-13-27)33(25-9-14-28(15-10-25)40-22(3)35)30(6-2)26-11-16-31-32(18-26)39-21-38-31/h7-16,18,29,34H,5-6,17,19-21H2,1-4H3/b33-30+. The molecule has 1 atom stereocenters. The molecule has 0 aliphatic carbocycles. The van der Waals surface area contributed by atoms with Crippen LogP contribution in [-0.2, 0) is 14.3 Å². The van der Waals surface area contributed by atoms with Crippen molar-refractivity contribution in [3.05, 3.63) is 83.4 Å². The normalized spacial score (nSPS) is 13.3. The Morgan fingerprint density at radius 2 is 1.46 bits per heavy atom. The first-order valence-electron chi connectivity index (χ1n) is 13.9. The number of rotatable bonds is 13. The average molecular weight is 560 g/mol. The zero-order valence-electron chi connectivity index (χ0n) is 24.0. The maximum atomic E-state index is 11.5. The van der Waals surface area contributed by atoms with Gasteiger partial charge in [0.1, 0.15) is 24.2 Å². The lowest BCUT2D eigenvalue weighted by atomic mass is 9.88. The van der Waals surface area contributed by atoms with Gasteiger partial charge in [-0.3, -0.25) is 9.59 Å². The molecule has 1 unspecified atom stereocenters. The van der Waals surface area contributed by atoms with Gasteiger partial charge in [-0.05, 0) is 83.6 Å². The average Bonchev–Trinajstić information content (AvgIpc) is 3.43. The van der Waals surface area contributed by atoms with Crippen molar-refractivity contribution in [1.82, 2.24) is 5.32 Å². The molecule has 4 rings (SSSR count). The largest absolute Gasteiger partial charge is 0.490 e. The number of nitrogens with one attached hydrogen (secondary N) is 1. The highest BCUT2D eigenvalue weighted by molar-refractivity contribution is 5.99. The first-order valence-corrected chi connectivity index (χ1v) is 13.9. The van der Waals surface area contributed by atoms with Crippen molar-refractivity contribution < 1.29 is 33.3 Å². The fraction of sp³-hybridized carbons (Fsp3) is 0.333. The fourth-order valence-electron chi connectivity index (χ4n) is 4.70. The molecule has 216 valence electrons. The van der Waals surface area contributed by atoms with Crippen molar-refractivity contribution in [2.45, 2.75) is 46.6 Å². The summed E-state index contributed by atoms with van der Waals surface area (Å²) in [6, 6.07) is 21.3. The Morgan fingerprint density at radius 3 is 2.07 bits per heavy atom. The number of carbonyl (C=O) groups is 2. The second kappa shape index (κ2) is 14.4. The van der Waals surface area contributed by atoms with Crippen LogP contribution >= 0.6 is 0 Å². The molecular formula is C33H37NO7. The molecule has 3 aromatic carbocycles. The van der Waals surface area contributed by atoms with Gasteiger partial charge in [0.2, 0.25) is 6.79 Å². The predicted octanol–water partition coefficient (Wildman–Crippen LogP) is 6.02. The van der Waals surface area contributed by atoms with Crippen molar-refractivity contribution in [3.63, 3.8) is 0 Å². The number of fused-ring (bicyclic) bond motifs is 1. The number of benzene rings is 3. The Morgan fingerprint density at radius 1 is 0.829 bits per heavy atom. The first-order chi connectivity index (χ1) is 19.9. The SMILES string of the molecule is CCCNCC(COc1ccc(/C(=C(/CC)c2ccc3c(c2)OCO3)c2ccc(OC(C)=O)cc2)cc1)OC(C)=O. The lowest BCUT2D eigenvalue weighted by Gasteiger charge is -2.19. The van der Waals surface area contributed by atoms with E-state index in [0.717, 1.165) is 58.7 Å². The number of carbonyl (C=O) groups excluding carboxylic acids is 2. The predicted molar refractivity (Wildman–Crippen MR) is 157 cm³/mol. The molecule has 0 aromatic heterocycles. The van der Waals surface area contributed by atoms with E-state index in [1.54, 1.807) is 12.1 Å². The molecule has 0 fully saturated rings. The molecule has 0 spiro atoms. The van der Waals surface area contributed by atoms with Crippen LogP contribution in [0.4, 0.5) is 0 Å². The molecule has 0 saturated carbocycles. The van der Waals surface area contributed by atoms with Crippen LogP contribution in [0.2, 0.25) is 0 Å². The summed E-state index contributed by atoms with van der Waals surface area (Å²) in [6.07, 6.45) is 1.36. The van der Waals surface area contributed by atoms with Gasteiger partial charge in [0.25, 0.3) is 0 Å². The maximum Gasteiger partial charge on any atom is 0.308 e. The molecule has 0 radical (unpaired) electrons. The van der Waals surface area contributed by atoms with E-state index in [0.29, 0.717) is 18.0 Å². The highest BCUT2D eigenvalue weighted by Crippen LogP contribution is 2.40. The van der Waals surface area contributed by atoms with Gasteiger partial charge in [0.05, 0.1) is 0 Å². The van der Waals surface area contributed by atoms with Crippen molar-refractivity contribution in [2.75, 3.05) is 26.5 Å². The molecule has 0 amide bonds. The maximum absolute atomic E-state index is 11.5. The van der Waals surface area contributed by atoms with E-state index in [9.17, 15) is 9.59 Å². The van der Waals surface area contributed by atoms with Crippen LogP contribution in [0.5, 0.6) is 23.0 Å². The van der Waals surface area contributed by atoms with Gasteiger partial charge in [-0.15, -0.1) is 0 Å². The van der Waals surface area contributed by atoms with Gasteiger partial charge in [0.15, 0.2) is 11.5 Å².